The number of esters is 2. The van der Waals surface area contributed by atoms with Gasteiger partial charge in [-0.2, -0.15) is 0 Å². The summed E-state index contributed by atoms with van der Waals surface area (Å²) in [5.74, 6) is 1.45. The Bertz CT molecular complexity index is 2440. The number of benzene rings is 3. The first-order valence-corrected chi connectivity index (χ1v) is 20.6. The number of thioether (sulfide) groups is 1. The Hall–Kier alpha value is -4.71. The standard InChI is InChI=1S/C42H47N5O10S/c1-18-9-21-12-41(51)15-46(4)31(28(21)33(49)34(18)53-6)32-38-30-29(37-36(55-17-56-37)19(2)35(30)57-20(3)48)27(47(32)41)14-54-40(50)42(16-58-38)39-25(10-22(13-43)45-42)24-11-23(52-5)7-8-26(24)44-39/h7-9,11,22,27,31-32,38,44-45,49,51H,10,12-17,43H2,1-6H3/t22-,27+,31?,32-,38-,41?,42-/m1/s1. The van der Waals surface area contributed by atoms with E-state index in [0.29, 0.717) is 63.1 Å². The van der Waals surface area contributed by atoms with Gasteiger partial charge in [-0.25, -0.2) is 4.79 Å². The molecule has 15 nitrogen and oxygen atoms in total. The van der Waals surface area contributed by atoms with Gasteiger partial charge in [-0.05, 0) is 62.2 Å². The fourth-order valence-corrected chi connectivity index (χ4v) is 12.6. The molecule has 306 valence electrons. The molecule has 9 heterocycles. The van der Waals surface area contributed by atoms with Crippen LogP contribution in [0.15, 0.2) is 24.3 Å². The highest BCUT2D eigenvalue weighted by Gasteiger charge is 2.64. The molecule has 3 aromatic carbocycles. The highest BCUT2D eigenvalue weighted by Crippen LogP contribution is 2.65. The number of hydrogen-bond donors (Lipinski definition) is 5. The number of nitrogens with zero attached hydrogens (tertiary/aromatic N) is 2. The number of likely N-dealkylation sites (N-methyl/N-ethyl adjacent to an activating group) is 1. The number of H-pyrrole nitrogens is 1. The summed E-state index contributed by atoms with van der Waals surface area (Å²) in [7, 11) is 5.11. The zero-order chi connectivity index (χ0) is 40.6. The minimum atomic E-state index is -1.52. The van der Waals surface area contributed by atoms with Crippen LogP contribution in [0.2, 0.25) is 0 Å². The van der Waals surface area contributed by atoms with Crippen molar-refractivity contribution in [2.45, 2.75) is 74.3 Å². The number of aromatic hydroxyl groups is 1. The van der Waals surface area contributed by atoms with Crippen LogP contribution in [0.4, 0.5) is 0 Å². The average molecular weight is 814 g/mol. The van der Waals surface area contributed by atoms with Crippen molar-refractivity contribution < 1.29 is 48.2 Å². The number of methoxy groups -OCH3 is 2. The van der Waals surface area contributed by atoms with Crippen LogP contribution in [0.1, 0.15) is 68.9 Å². The number of aromatic nitrogens is 1. The third-order valence-corrected chi connectivity index (χ3v) is 14.6. The number of aliphatic hydroxyl groups is 1. The molecule has 58 heavy (non-hydrogen) atoms. The lowest BCUT2D eigenvalue weighted by Crippen LogP contribution is -2.70. The lowest BCUT2D eigenvalue weighted by atomic mass is 9.78. The Morgan fingerprint density at radius 2 is 1.88 bits per heavy atom. The highest BCUT2D eigenvalue weighted by molar-refractivity contribution is 7.99. The first-order chi connectivity index (χ1) is 27.8. The monoisotopic (exact) mass is 813 g/mol. The second-order valence-electron chi connectivity index (χ2n) is 16.4. The molecule has 16 heteroatoms. The quantitative estimate of drug-likeness (QED) is 0.149. The number of fused-ring (bicyclic) bond motifs is 8. The molecule has 8 aliphatic rings. The predicted octanol–water partition coefficient (Wildman–Crippen LogP) is 3.52. The molecule has 1 spiro atoms. The number of nitrogens with two attached hydrogens (primary N) is 1. The molecule has 3 unspecified atom stereocenters. The number of rotatable bonds is 4. The van der Waals surface area contributed by atoms with Gasteiger partial charge in [0, 0.05) is 77.4 Å². The van der Waals surface area contributed by atoms with E-state index in [2.05, 4.69) is 20.1 Å². The molecule has 1 aromatic heterocycles. The number of piperazine rings is 1. The zero-order valence-electron chi connectivity index (χ0n) is 33.2. The molecule has 0 amide bonds. The van der Waals surface area contributed by atoms with Gasteiger partial charge < -0.3 is 49.4 Å². The van der Waals surface area contributed by atoms with Crippen molar-refractivity contribution >= 4 is 34.6 Å². The van der Waals surface area contributed by atoms with E-state index in [1.807, 2.05) is 45.2 Å². The largest absolute Gasteiger partial charge is 0.504 e. The SMILES string of the molecule is COc1ccc2[nH]c3c(c2c1)C[C@H](CN)N[C@]31CS[C@@H]2c3c(OC(C)=O)c(C)c4c(c3[C@H](COC1=O)N1[C@@H]2C2c3c(cc(C)c(OC)c3O)CC1(O)CN2C)OCO4. The molecular weight excluding hydrogens is 767 g/mol. The number of aromatic amines is 1. The normalized spacial score (nSPS) is 30.6. The van der Waals surface area contributed by atoms with Crippen LogP contribution < -0.4 is 34.7 Å². The molecule has 4 aromatic rings. The van der Waals surface area contributed by atoms with Crippen LogP contribution >= 0.6 is 11.8 Å². The number of carbonyl (C=O) groups is 2. The fraction of sp³-hybridized carbons (Fsp3) is 0.476. The summed E-state index contributed by atoms with van der Waals surface area (Å²) < 4.78 is 36.4. The minimum Gasteiger partial charge on any atom is -0.504 e. The highest BCUT2D eigenvalue weighted by atomic mass is 32.2. The third-order valence-electron chi connectivity index (χ3n) is 13.1. The summed E-state index contributed by atoms with van der Waals surface area (Å²) >= 11 is 1.50. The molecule has 4 bridgehead atoms. The molecular formula is C42H47N5O10S. The van der Waals surface area contributed by atoms with Crippen molar-refractivity contribution in [3.63, 3.8) is 0 Å². The molecule has 8 aliphatic heterocycles. The van der Waals surface area contributed by atoms with Gasteiger partial charge in [0.15, 0.2) is 28.5 Å². The number of carbonyl (C=O) groups excluding carboxylic acids is 2. The van der Waals surface area contributed by atoms with Crippen LogP contribution in [0.3, 0.4) is 0 Å². The van der Waals surface area contributed by atoms with Crippen molar-refractivity contribution in [2.75, 3.05) is 53.5 Å². The number of phenolic OH excluding ortho intramolecular Hbond substituents is 1. The Labute approximate surface area is 339 Å². The van der Waals surface area contributed by atoms with Gasteiger partial charge in [0.25, 0.3) is 0 Å². The summed E-state index contributed by atoms with van der Waals surface area (Å²) in [5.41, 5.74) is 10.1. The molecule has 6 N–H and O–H groups in total. The Kier molecular flexibility index (Phi) is 8.51. The van der Waals surface area contributed by atoms with Crippen molar-refractivity contribution in [3.05, 3.63) is 68.9 Å². The minimum absolute atomic E-state index is 0.0153. The summed E-state index contributed by atoms with van der Waals surface area (Å²) in [4.78, 5) is 35.9. The lowest BCUT2D eigenvalue weighted by Gasteiger charge is -2.60. The Morgan fingerprint density at radius 1 is 1.09 bits per heavy atom. The molecule has 2 saturated heterocycles. The number of aryl methyl sites for hydroxylation is 1. The van der Waals surface area contributed by atoms with E-state index in [1.54, 1.807) is 7.11 Å². The summed E-state index contributed by atoms with van der Waals surface area (Å²) in [6.07, 6.45) is 0.740. The molecule has 2 fully saturated rings. The second-order valence-corrected chi connectivity index (χ2v) is 17.6. The number of nitrogens with one attached hydrogen (secondary N) is 2. The first kappa shape index (κ1) is 37.6. The van der Waals surface area contributed by atoms with E-state index in [1.165, 1.54) is 25.8 Å². The maximum Gasteiger partial charge on any atom is 0.333 e. The predicted molar refractivity (Wildman–Crippen MR) is 213 cm³/mol. The van der Waals surface area contributed by atoms with Crippen molar-refractivity contribution in [3.8, 4) is 34.5 Å². The summed E-state index contributed by atoms with van der Waals surface area (Å²) in [6.45, 7) is 5.31. The smallest absolute Gasteiger partial charge is 0.333 e. The van der Waals surface area contributed by atoms with E-state index >= 15 is 4.79 Å². The number of phenols is 1. The third kappa shape index (κ3) is 5.05. The maximum absolute atomic E-state index is 15.1. The maximum atomic E-state index is 15.1. The summed E-state index contributed by atoms with van der Waals surface area (Å²) in [6, 6.07) is 5.62. The molecule has 0 saturated carbocycles. The van der Waals surface area contributed by atoms with Gasteiger partial charge in [-0.15, -0.1) is 11.8 Å². The van der Waals surface area contributed by atoms with Gasteiger partial charge in [0.2, 0.25) is 6.79 Å². The van der Waals surface area contributed by atoms with Crippen LogP contribution in [0.5, 0.6) is 34.5 Å². The topological polar surface area (TPSA) is 190 Å². The number of hydrogen-bond acceptors (Lipinski definition) is 15. The van der Waals surface area contributed by atoms with Crippen LogP contribution in [0.25, 0.3) is 10.9 Å². The Balaban J connectivity index is 1.25. The van der Waals surface area contributed by atoms with Crippen LogP contribution in [0, 0.1) is 13.8 Å². The average Bonchev–Trinajstić information content (AvgIpc) is 3.78. The van der Waals surface area contributed by atoms with Crippen LogP contribution in [-0.2, 0) is 32.7 Å². The van der Waals surface area contributed by atoms with Crippen molar-refractivity contribution in [1.82, 2.24) is 20.1 Å². The first-order valence-electron chi connectivity index (χ1n) is 19.5. The van der Waals surface area contributed by atoms with Gasteiger partial charge in [-0.1, -0.05) is 6.07 Å². The van der Waals surface area contributed by atoms with E-state index < -0.39 is 46.6 Å². The zero-order valence-corrected chi connectivity index (χ0v) is 34.0. The van der Waals surface area contributed by atoms with Gasteiger partial charge >= 0.3 is 11.9 Å². The Morgan fingerprint density at radius 3 is 2.62 bits per heavy atom. The molecule has 0 aliphatic carbocycles. The van der Waals surface area contributed by atoms with Gasteiger partial charge in [0.05, 0.1) is 37.2 Å². The van der Waals surface area contributed by atoms with Gasteiger partial charge in [-0.3, -0.25) is 19.9 Å². The van der Waals surface area contributed by atoms with E-state index in [-0.39, 0.29) is 50.5 Å². The van der Waals surface area contributed by atoms with E-state index in [0.717, 1.165) is 27.6 Å². The lowest BCUT2D eigenvalue weighted by molar-refractivity contribution is -0.215. The van der Waals surface area contributed by atoms with Gasteiger partial charge in [0.1, 0.15) is 23.8 Å². The van der Waals surface area contributed by atoms with Crippen molar-refractivity contribution in [2.24, 2.45) is 5.73 Å². The van der Waals surface area contributed by atoms with E-state index in [4.69, 9.17) is 34.2 Å². The molecule has 12 rings (SSSR count). The number of ether oxygens (including phenoxy) is 6. The molecule has 8 atom stereocenters. The molecule has 0 radical (unpaired) electrons. The van der Waals surface area contributed by atoms with Crippen LogP contribution in [-0.4, -0.2) is 108 Å². The summed E-state index contributed by atoms with van der Waals surface area (Å²) in [5, 5.41) is 29.3. The fourth-order valence-electron chi connectivity index (χ4n) is 11.0. The van der Waals surface area contributed by atoms with Crippen molar-refractivity contribution in [1.29, 1.82) is 0 Å². The van der Waals surface area contributed by atoms with E-state index in [9.17, 15) is 15.0 Å². The second kappa shape index (κ2) is 13.1.